The topological polar surface area (TPSA) is 93.3 Å². The summed E-state index contributed by atoms with van der Waals surface area (Å²) in [5.41, 5.74) is 6.39. The Bertz CT molecular complexity index is 394. The van der Waals surface area contributed by atoms with E-state index in [9.17, 15) is 5.11 Å². The first-order valence-electron chi connectivity index (χ1n) is 6.36. The first-order valence-corrected chi connectivity index (χ1v) is 6.36. The van der Waals surface area contributed by atoms with Crippen LogP contribution in [0.5, 0.6) is 5.88 Å². The molecule has 6 heteroatoms. The van der Waals surface area contributed by atoms with Crippen LogP contribution in [0.25, 0.3) is 0 Å². The molecule has 18 heavy (non-hydrogen) atoms. The van der Waals surface area contributed by atoms with Crippen LogP contribution in [0.4, 0.5) is 11.5 Å². The van der Waals surface area contributed by atoms with Crippen molar-refractivity contribution in [1.29, 1.82) is 0 Å². The number of ether oxygens (including phenoxy) is 1. The van der Waals surface area contributed by atoms with Crippen molar-refractivity contribution in [3.8, 4) is 5.88 Å². The number of hydrogen-bond acceptors (Lipinski definition) is 6. The fourth-order valence-corrected chi connectivity index (χ4v) is 1.94. The van der Waals surface area contributed by atoms with Gasteiger partial charge in [-0.25, -0.2) is 4.98 Å². The Hall–Kier alpha value is -1.56. The smallest absolute Gasteiger partial charge is 0.242 e. The summed E-state index contributed by atoms with van der Waals surface area (Å²) in [6.07, 6.45) is 3.91. The Balaban J connectivity index is 1.91. The molecule has 1 aromatic rings. The van der Waals surface area contributed by atoms with Gasteiger partial charge in [-0.2, -0.15) is 4.98 Å². The molecular formula is C12H20N4O2. The third-order valence-corrected chi connectivity index (χ3v) is 3.06. The summed E-state index contributed by atoms with van der Waals surface area (Å²) in [6.45, 7) is 3.39. The summed E-state index contributed by atoms with van der Waals surface area (Å²) in [5.74, 6) is 1.54. The highest BCUT2D eigenvalue weighted by Gasteiger charge is 2.27. The zero-order valence-electron chi connectivity index (χ0n) is 10.6. The Morgan fingerprint density at radius 2 is 2.28 bits per heavy atom. The zero-order chi connectivity index (χ0) is 13.0. The second-order valence-corrected chi connectivity index (χ2v) is 4.66. The number of nitrogens with one attached hydrogen (secondary N) is 1. The third-order valence-electron chi connectivity index (χ3n) is 3.06. The van der Waals surface area contributed by atoms with Crippen LogP contribution < -0.4 is 15.8 Å². The lowest BCUT2D eigenvalue weighted by Gasteiger charge is -2.31. The number of nitrogen functional groups attached to an aromatic ring is 1. The quantitative estimate of drug-likeness (QED) is 0.700. The van der Waals surface area contributed by atoms with Gasteiger partial charge in [-0.1, -0.05) is 6.92 Å². The van der Waals surface area contributed by atoms with E-state index in [0.717, 1.165) is 25.8 Å². The Labute approximate surface area is 107 Å². The molecular weight excluding hydrogens is 232 g/mol. The van der Waals surface area contributed by atoms with Crippen LogP contribution >= 0.6 is 0 Å². The van der Waals surface area contributed by atoms with Crippen molar-refractivity contribution in [2.24, 2.45) is 5.92 Å². The van der Waals surface area contributed by atoms with Gasteiger partial charge in [0, 0.05) is 6.54 Å². The highest BCUT2D eigenvalue weighted by molar-refractivity contribution is 5.66. The molecule has 2 rings (SSSR count). The molecule has 1 aliphatic carbocycles. The minimum Gasteiger partial charge on any atom is -0.476 e. The van der Waals surface area contributed by atoms with Crippen molar-refractivity contribution < 1.29 is 9.84 Å². The van der Waals surface area contributed by atoms with E-state index < -0.39 is 0 Å². The average Bonchev–Trinajstić information content (AvgIpc) is 2.33. The Morgan fingerprint density at radius 3 is 2.94 bits per heavy atom. The lowest BCUT2D eigenvalue weighted by atomic mass is 9.82. The van der Waals surface area contributed by atoms with Crippen LogP contribution in [0.2, 0.25) is 0 Å². The number of aliphatic hydroxyl groups is 1. The number of rotatable bonds is 6. The summed E-state index contributed by atoms with van der Waals surface area (Å²) in [4.78, 5) is 8.12. The van der Waals surface area contributed by atoms with Crippen LogP contribution in [0.15, 0.2) is 6.33 Å². The van der Waals surface area contributed by atoms with Gasteiger partial charge in [0.25, 0.3) is 0 Å². The molecule has 0 spiro atoms. The molecule has 0 amide bonds. The van der Waals surface area contributed by atoms with E-state index >= 15 is 0 Å². The number of nitrogens with two attached hydrogens (primary N) is 1. The highest BCUT2D eigenvalue weighted by atomic mass is 16.5. The number of aliphatic hydroxyl groups excluding tert-OH is 1. The SMILES string of the molecule is CCCOc1ncnc(NCC2CC(O)C2)c1N. The third kappa shape index (κ3) is 3.01. The van der Waals surface area contributed by atoms with E-state index in [1.807, 2.05) is 6.92 Å². The molecule has 1 aromatic heterocycles. The maximum Gasteiger partial charge on any atom is 0.242 e. The predicted octanol–water partition coefficient (Wildman–Crippen LogP) is 1.03. The minimum absolute atomic E-state index is 0.136. The minimum atomic E-state index is -0.136. The van der Waals surface area contributed by atoms with Crippen molar-refractivity contribution in [2.75, 3.05) is 24.2 Å². The van der Waals surface area contributed by atoms with Crippen LogP contribution in [0.1, 0.15) is 26.2 Å². The van der Waals surface area contributed by atoms with Gasteiger partial charge in [0.2, 0.25) is 5.88 Å². The second kappa shape index (κ2) is 5.86. The highest BCUT2D eigenvalue weighted by Crippen LogP contribution is 2.29. The molecule has 0 radical (unpaired) electrons. The molecule has 0 atom stereocenters. The van der Waals surface area contributed by atoms with Crippen LogP contribution in [-0.4, -0.2) is 34.3 Å². The van der Waals surface area contributed by atoms with E-state index in [2.05, 4.69) is 15.3 Å². The van der Waals surface area contributed by atoms with Crippen molar-refractivity contribution >= 4 is 11.5 Å². The van der Waals surface area contributed by atoms with Gasteiger partial charge >= 0.3 is 0 Å². The molecule has 6 nitrogen and oxygen atoms in total. The van der Waals surface area contributed by atoms with Crippen molar-refractivity contribution in [3.05, 3.63) is 6.33 Å². The van der Waals surface area contributed by atoms with E-state index in [1.54, 1.807) is 0 Å². The number of hydrogen-bond donors (Lipinski definition) is 3. The molecule has 0 aliphatic heterocycles. The molecule has 1 fully saturated rings. The van der Waals surface area contributed by atoms with Gasteiger partial charge in [-0.05, 0) is 25.2 Å². The summed E-state index contributed by atoms with van der Waals surface area (Å²) >= 11 is 0. The summed E-state index contributed by atoms with van der Waals surface area (Å²) < 4.78 is 5.43. The molecule has 0 saturated heterocycles. The molecule has 1 heterocycles. The lowest BCUT2D eigenvalue weighted by molar-refractivity contribution is 0.0486. The van der Waals surface area contributed by atoms with Crippen LogP contribution in [-0.2, 0) is 0 Å². The van der Waals surface area contributed by atoms with Crippen molar-refractivity contribution in [3.63, 3.8) is 0 Å². The summed E-state index contributed by atoms with van der Waals surface area (Å²) in [5, 5.41) is 12.4. The monoisotopic (exact) mass is 252 g/mol. The Kier molecular flexibility index (Phi) is 4.19. The maximum absolute atomic E-state index is 9.21. The molecule has 0 bridgehead atoms. The first kappa shape index (κ1) is 12.9. The average molecular weight is 252 g/mol. The van der Waals surface area contributed by atoms with E-state index in [1.165, 1.54) is 6.33 Å². The van der Waals surface area contributed by atoms with Gasteiger partial charge in [0.1, 0.15) is 12.0 Å². The first-order chi connectivity index (χ1) is 8.70. The summed E-state index contributed by atoms with van der Waals surface area (Å²) in [6, 6.07) is 0. The fourth-order valence-electron chi connectivity index (χ4n) is 1.94. The molecule has 1 aliphatic rings. The largest absolute Gasteiger partial charge is 0.476 e. The second-order valence-electron chi connectivity index (χ2n) is 4.66. The summed E-state index contributed by atoms with van der Waals surface area (Å²) in [7, 11) is 0. The van der Waals surface area contributed by atoms with E-state index in [4.69, 9.17) is 10.5 Å². The lowest BCUT2D eigenvalue weighted by Crippen LogP contribution is -2.33. The van der Waals surface area contributed by atoms with Gasteiger partial charge < -0.3 is 20.9 Å². The van der Waals surface area contributed by atoms with Gasteiger partial charge in [-0.15, -0.1) is 0 Å². The standard InChI is InChI=1S/C12H20N4O2/c1-2-3-18-12-10(13)11(15-7-16-12)14-6-8-4-9(17)5-8/h7-9,17H,2-6,13H2,1H3,(H,14,15,16). The molecule has 0 unspecified atom stereocenters. The predicted molar refractivity (Wildman–Crippen MR) is 69.5 cm³/mol. The van der Waals surface area contributed by atoms with Gasteiger partial charge in [-0.3, -0.25) is 0 Å². The zero-order valence-corrected chi connectivity index (χ0v) is 10.6. The van der Waals surface area contributed by atoms with Gasteiger partial charge in [0.15, 0.2) is 5.82 Å². The van der Waals surface area contributed by atoms with E-state index in [0.29, 0.717) is 29.9 Å². The normalized spacial score (nSPS) is 22.3. The maximum atomic E-state index is 9.21. The molecule has 1 saturated carbocycles. The Morgan fingerprint density at radius 1 is 1.50 bits per heavy atom. The molecule has 4 N–H and O–H groups in total. The van der Waals surface area contributed by atoms with Crippen molar-refractivity contribution in [1.82, 2.24) is 9.97 Å². The van der Waals surface area contributed by atoms with Crippen LogP contribution in [0.3, 0.4) is 0 Å². The number of nitrogens with zero attached hydrogens (tertiary/aromatic N) is 2. The fraction of sp³-hybridized carbons (Fsp3) is 0.667. The molecule has 100 valence electrons. The van der Waals surface area contributed by atoms with Crippen molar-refractivity contribution in [2.45, 2.75) is 32.3 Å². The molecule has 0 aromatic carbocycles. The van der Waals surface area contributed by atoms with Gasteiger partial charge in [0.05, 0.1) is 12.7 Å². The number of aromatic nitrogens is 2. The van der Waals surface area contributed by atoms with Crippen LogP contribution in [0, 0.1) is 5.92 Å². The number of anilines is 2. The van der Waals surface area contributed by atoms with E-state index in [-0.39, 0.29) is 6.10 Å².